The molecule has 0 radical (unpaired) electrons. The predicted octanol–water partition coefficient (Wildman–Crippen LogP) is 1.14. The van der Waals surface area contributed by atoms with E-state index in [2.05, 4.69) is 15.3 Å². The van der Waals surface area contributed by atoms with Crippen molar-refractivity contribution < 1.29 is 22.7 Å². The van der Waals surface area contributed by atoms with Gasteiger partial charge in [-0.15, -0.1) is 0 Å². The van der Waals surface area contributed by atoms with Crippen LogP contribution in [0.2, 0.25) is 0 Å². The topological polar surface area (TPSA) is 102 Å². The number of carbonyl (C=O) groups is 1. The van der Waals surface area contributed by atoms with Crippen LogP contribution in [0.5, 0.6) is 0 Å². The Morgan fingerprint density at radius 1 is 1.45 bits per heavy atom. The lowest BCUT2D eigenvalue weighted by Crippen LogP contribution is -2.29. The normalized spacial score (nSPS) is 12.7. The fraction of sp³-hybridized carbons (Fsp3) is 0.500. The summed E-state index contributed by atoms with van der Waals surface area (Å²) in [5.74, 6) is 2.64. The summed E-state index contributed by atoms with van der Waals surface area (Å²) in [6.07, 6.45) is -4.73. The molecular weight excluding hydrogens is 279 g/mol. The van der Waals surface area contributed by atoms with Gasteiger partial charge in [-0.25, -0.2) is 20.6 Å². The Kier molecular flexibility index (Phi) is 5.08. The van der Waals surface area contributed by atoms with Crippen molar-refractivity contribution in [3.05, 3.63) is 11.9 Å². The zero-order valence-corrected chi connectivity index (χ0v) is 10.8. The van der Waals surface area contributed by atoms with Crippen LogP contribution in [-0.4, -0.2) is 28.6 Å². The molecule has 0 saturated heterocycles. The van der Waals surface area contributed by atoms with Crippen LogP contribution in [0.15, 0.2) is 6.07 Å². The second kappa shape index (κ2) is 6.37. The fourth-order valence-corrected chi connectivity index (χ4v) is 1.27. The third kappa shape index (κ3) is 4.23. The molecule has 0 aliphatic rings. The van der Waals surface area contributed by atoms with E-state index in [4.69, 9.17) is 10.6 Å². The second-order valence-corrected chi connectivity index (χ2v) is 3.72. The summed E-state index contributed by atoms with van der Waals surface area (Å²) in [5.41, 5.74) is 2.00. The first-order chi connectivity index (χ1) is 9.27. The van der Waals surface area contributed by atoms with Gasteiger partial charge in [-0.3, -0.25) is 0 Å². The van der Waals surface area contributed by atoms with Gasteiger partial charge in [0.25, 0.3) is 0 Å². The van der Waals surface area contributed by atoms with Gasteiger partial charge in [0, 0.05) is 6.07 Å². The molecule has 0 saturated carbocycles. The van der Waals surface area contributed by atoms with E-state index < -0.39 is 24.0 Å². The maximum atomic E-state index is 12.6. The van der Waals surface area contributed by atoms with E-state index in [0.717, 1.165) is 6.07 Å². The number of anilines is 2. The molecule has 4 N–H and O–H groups in total. The zero-order valence-electron chi connectivity index (χ0n) is 10.8. The zero-order chi connectivity index (χ0) is 15.3. The van der Waals surface area contributed by atoms with E-state index in [0.29, 0.717) is 0 Å². The van der Waals surface area contributed by atoms with Gasteiger partial charge in [0.2, 0.25) is 5.82 Å². The van der Waals surface area contributed by atoms with Gasteiger partial charge in [-0.05, 0) is 13.8 Å². The molecule has 20 heavy (non-hydrogen) atoms. The Labute approximate surface area is 112 Å². The number of carbonyl (C=O) groups excluding carboxylic acids is 1. The van der Waals surface area contributed by atoms with Gasteiger partial charge >= 0.3 is 12.1 Å². The summed E-state index contributed by atoms with van der Waals surface area (Å²) in [4.78, 5) is 17.9. The molecule has 0 spiro atoms. The standard InChI is InChI=1S/C10H14F3N5O2/c1-3-20-8(19)5(2)15-6-4-7(18-14)17-9(16-6)10(11,12)13/h4-5H,3,14H2,1-2H3,(H2,15,16,17,18). The number of aromatic nitrogens is 2. The molecule has 0 fully saturated rings. The number of hydrazine groups is 1. The summed E-state index contributed by atoms with van der Waals surface area (Å²) >= 11 is 0. The number of hydrogen-bond acceptors (Lipinski definition) is 7. The first-order valence-corrected chi connectivity index (χ1v) is 5.64. The first-order valence-electron chi connectivity index (χ1n) is 5.64. The Morgan fingerprint density at radius 2 is 2.05 bits per heavy atom. The highest BCUT2D eigenvalue weighted by Gasteiger charge is 2.35. The largest absolute Gasteiger partial charge is 0.464 e. The van der Waals surface area contributed by atoms with Gasteiger partial charge < -0.3 is 15.5 Å². The number of nitrogens with one attached hydrogen (secondary N) is 2. The van der Waals surface area contributed by atoms with Crippen molar-refractivity contribution >= 4 is 17.6 Å². The number of nitrogens with zero attached hydrogens (tertiary/aromatic N) is 2. The van der Waals surface area contributed by atoms with Gasteiger partial charge in [0.15, 0.2) is 0 Å². The van der Waals surface area contributed by atoms with Crippen LogP contribution < -0.4 is 16.6 Å². The number of alkyl halides is 3. The van der Waals surface area contributed by atoms with E-state index >= 15 is 0 Å². The van der Waals surface area contributed by atoms with E-state index in [1.165, 1.54) is 6.92 Å². The summed E-state index contributed by atoms with van der Waals surface area (Å²) < 4.78 is 42.5. The van der Waals surface area contributed by atoms with Crippen LogP contribution >= 0.6 is 0 Å². The predicted molar refractivity (Wildman–Crippen MR) is 64.6 cm³/mol. The second-order valence-electron chi connectivity index (χ2n) is 3.72. The number of esters is 1. The van der Waals surface area contributed by atoms with Crippen molar-refractivity contribution in [2.75, 3.05) is 17.3 Å². The molecule has 1 heterocycles. The minimum absolute atomic E-state index is 0.165. The first kappa shape index (κ1) is 16.0. The quantitative estimate of drug-likeness (QED) is 0.425. The van der Waals surface area contributed by atoms with Crippen LogP contribution in [0.3, 0.4) is 0 Å². The molecule has 10 heteroatoms. The Balaban J connectivity index is 2.97. The number of nitrogen functional groups attached to an aromatic ring is 1. The third-order valence-corrected chi connectivity index (χ3v) is 2.13. The minimum atomic E-state index is -4.73. The average molecular weight is 293 g/mol. The molecule has 1 atom stereocenters. The van der Waals surface area contributed by atoms with Crippen molar-refractivity contribution in [2.24, 2.45) is 5.84 Å². The number of hydrogen-bond donors (Lipinski definition) is 3. The van der Waals surface area contributed by atoms with Crippen LogP contribution in [0.4, 0.5) is 24.8 Å². The molecule has 0 aromatic carbocycles. The van der Waals surface area contributed by atoms with Crippen LogP contribution in [0, 0.1) is 0 Å². The van der Waals surface area contributed by atoms with Crippen molar-refractivity contribution in [1.29, 1.82) is 0 Å². The van der Waals surface area contributed by atoms with Gasteiger partial charge in [0.1, 0.15) is 17.7 Å². The van der Waals surface area contributed by atoms with Crippen LogP contribution in [-0.2, 0) is 15.7 Å². The number of nitrogens with two attached hydrogens (primary N) is 1. The third-order valence-electron chi connectivity index (χ3n) is 2.13. The van der Waals surface area contributed by atoms with Crippen molar-refractivity contribution in [3.8, 4) is 0 Å². The molecule has 1 aromatic heterocycles. The maximum absolute atomic E-state index is 12.6. The minimum Gasteiger partial charge on any atom is -0.464 e. The van der Waals surface area contributed by atoms with E-state index in [1.807, 2.05) is 5.43 Å². The lowest BCUT2D eigenvalue weighted by Gasteiger charge is -2.15. The van der Waals surface area contributed by atoms with Crippen molar-refractivity contribution in [3.63, 3.8) is 0 Å². The highest BCUT2D eigenvalue weighted by molar-refractivity contribution is 5.78. The monoisotopic (exact) mass is 293 g/mol. The molecule has 1 aromatic rings. The maximum Gasteiger partial charge on any atom is 0.451 e. The van der Waals surface area contributed by atoms with Gasteiger partial charge in [-0.1, -0.05) is 0 Å². The lowest BCUT2D eigenvalue weighted by atomic mass is 10.3. The highest BCUT2D eigenvalue weighted by atomic mass is 19.4. The summed E-state index contributed by atoms with van der Waals surface area (Å²) in [7, 11) is 0. The van der Waals surface area contributed by atoms with Crippen molar-refractivity contribution in [1.82, 2.24) is 9.97 Å². The number of ether oxygens (including phenoxy) is 1. The SMILES string of the molecule is CCOC(=O)C(C)Nc1cc(NN)nc(C(F)(F)F)n1. The molecule has 0 aliphatic heterocycles. The van der Waals surface area contributed by atoms with E-state index in [-0.39, 0.29) is 18.2 Å². The van der Waals surface area contributed by atoms with E-state index in [9.17, 15) is 18.0 Å². The van der Waals surface area contributed by atoms with Gasteiger partial charge in [-0.2, -0.15) is 13.2 Å². The summed E-state index contributed by atoms with van der Waals surface area (Å²) in [5, 5.41) is 2.49. The molecule has 0 bridgehead atoms. The number of halogens is 3. The Bertz CT molecular complexity index is 480. The van der Waals surface area contributed by atoms with Gasteiger partial charge in [0.05, 0.1) is 6.61 Å². The smallest absolute Gasteiger partial charge is 0.451 e. The molecule has 1 unspecified atom stereocenters. The summed E-state index contributed by atoms with van der Waals surface area (Å²) in [6.45, 7) is 3.22. The van der Waals surface area contributed by atoms with Crippen LogP contribution in [0.25, 0.3) is 0 Å². The fourth-order valence-electron chi connectivity index (χ4n) is 1.27. The molecule has 7 nitrogen and oxygen atoms in total. The number of rotatable bonds is 5. The molecule has 112 valence electrons. The lowest BCUT2D eigenvalue weighted by molar-refractivity contribution is -0.144. The summed E-state index contributed by atoms with van der Waals surface area (Å²) in [6, 6.07) is 0.280. The molecule has 0 aliphatic carbocycles. The van der Waals surface area contributed by atoms with E-state index in [1.54, 1.807) is 6.92 Å². The Hall–Kier alpha value is -2.10. The molecular formula is C10H14F3N5O2. The Morgan fingerprint density at radius 3 is 2.55 bits per heavy atom. The molecule has 1 rings (SSSR count). The highest BCUT2D eigenvalue weighted by Crippen LogP contribution is 2.28. The average Bonchev–Trinajstić information content (AvgIpc) is 2.37. The van der Waals surface area contributed by atoms with Crippen LogP contribution in [0.1, 0.15) is 19.7 Å². The van der Waals surface area contributed by atoms with Crippen molar-refractivity contribution in [2.45, 2.75) is 26.1 Å². The molecule has 0 amide bonds.